The van der Waals surface area contributed by atoms with Gasteiger partial charge in [0.1, 0.15) is 0 Å². The molecule has 0 radical (unpaired) electrons. The average Bonchev–Trinajstić information content (AvgIpc) is 1.97. The van der Waals surface area contributed by atoms with Gasteiger partial charge in [0, 0.05) is 18.7 Å². The van der Waals surface area contributed by atoms with Crippen molar-refractivity contribution < 1.29 is 13.2 Å². The molecule has 12 heavy (non-hydrogen) atoms. The summed E-state index contributed by atoms with van der Waals surface area (Å²) in [5.41, 5.74) is 0. The zero-order valence-corrected chi connectivity index (χ0v) is 8.27. The molecular weight excluding hydrogens is 198 g/mol. The third-order valence-electron chi connectivity index (χ3n) is 1.71. The molecule has 1 aliphatic rings. The highest BCUT2D eigenvalue weighted by atomic mass is 32.2. The molecule has 0 unspecified atom stereocenters. The van der Waals surface area contributed by atoms with Crippen molar-refractivity contribution in [3.63, 3.8) is 0 Å². The number of amides is 1. The second-order valence-corrected chi connectivity index (χ2v) is 5.07. The summed E-state index contributed by atoms with van der Waals surface area (Å²) >= 11 is 3.89. The average molecular weight is 209 g/mol. The fourth-order valence-electron chi connectivity index (χ4n) is 1.15. The van der Waals surface area contributed by atoms with Crippen LogP contribution < -0.4 is 0 Å². The molecule has 4 nitrogen and oxygen atoms in total. The lowest BCUT2D eigenvalue weighted by Crippen LogP contribution is -2.43. The molecule has 70 valence electrons. The van der Waals surface area contributed by atoms with Crippen LogP contribution in [-0.4, -0.2) is 36.7 Å². The molecule has 0 aromatic carbocycles. The molecule has 1 aliphatic heterocycles. The van der Waals surface area contributed by atoms with Crippen LogP contribution in [0, 0.1) is 0 Å². The Morgan fingerprint density at radius 3 is 2.67 bits per heavy atom. The van der Waals surface area contributed by atoms with Gasteiger partial charge in [-0.25, -0.2) is 12.7 Å². The van der Waals surface area contributed by atoms with Crippen molar-refractivity contribution in [2.24, 2.45) is 0 Å². The summed E-state index contributed by atoms with van der Waals surface area (Å²) < 4.78 is 23.4. The van der Waals surface area contributed by atoms with E-state index in [-0.39, 0.29) is 18.2 Å². The molecule has 0 aromatic heterocycles. The summed E-state index contributed by atoms with van der Waals surface area (Å²) in [4.78, 5) is 11.1. The molecule has 1 amide bonds. The molecule has 0 N–H and O–H groups in total. The first-order valence-electron chi connectivity index (χ1n) is 3.72. The first-order chi connectivity index (χ1) is 5.58. The van der Waals surface area contributed by atoms with E-state index in [1.165, 1.54) is 0 Å². The molecule has 1 saturated heterocycles. The van der Waals surface area contributed by atoms with E-state index < -0.39 is 10.0 Å². The topological polar surface area (TPSA) is 54.5 Å². The highest BCUT2D eigenvalue weighted by Crippen LogP contribution is 2.14. The Hall–Kier alpha value is -0.230. The van der Waals surface area contributed by atoms with Crippen molar-refractivity contribution in [2.45, 2.75) is 12.8 Å². The molecule has 6 heteroatoms. The molecular formula is C6H11NO3S2. The quantitative estimate of drug-likeness (QED) is 0.644. The molecule has 0 spiro atoms. The summed E-state index contributed by atoms with van der Waals surface area (Å²) in [6, 6.07) is 0. The van der Waals surface area contributed by atoms with Crippen LogP contribution in [0.1, 0.15) is 12.8 Å². The molecule has 0 aromatic rings. The molecule has 1 fully saturated rings. The second-order valence-electron chi connectivity index (χ2n) is 2.61. The Kier molecular flexibility index (Phi) is 3.00. The van der Waals surface area contributed by atoms with Gasteiger partial charge in [0.15, 0.2) is 0 Å². The highest BCUT2D eigenvalue weighted by molar-refractivity contribution is 7.89. The van der Waals surface area contributed by atoms with E-state index in [4.69, 9.17) is 0 Å². The van der Waals surface area contributed by atoms with Crippen molar-refractivity contribution in [3.8, 4) is 0 Å². The Balaban J connectivity index is 2.81. The van der Waals surface area contributed by atoms with Crippen LogP contribution in [0.15, 0.2) is 0 Å². The zero-order valence-electron chi connectivity index (χ0n) is 6.56. The monoisotopic (exact) mass is 209 g/mol. The van der Waals surface area contributed by atoms with Crippen molar-refractivity contribution in [1.82, 2.24) is 4.31 Å². The van der Waals surface area contributed by atoms with Crippen LogP contribution in [0.4, 0.5) is 0 Å². The summed E-state index contributed by atoms with van der Waals surface area (Å²) in [5, 5.41) is 0. The lowest BCUT2D eigenvalue weighted by molar-refractivity contribution is -0.126. The summed E-state index contributed by atoms with van der Waals surface area (Å²) in [6.07, 6.45) is 0.789. The SMILES string of the molecule is O=C1CCCS(=O)(=O)N1CCS. The molecule has 0 bridgehead atoms. The summed E-state index contributed by atoms with van der Waals surface area (Å²) in [5.74, 6) is 0.174. The van der Waals surface area contributed by atoms with Gasteiger partial charge >= 0.3 is 0 Å². The minimum atomic E-state index is -3.30. The lowest BCUT2D eigenvalue weighted by atomic mass is 10.3. The van der Waals surface area contributed by atoms with Crippen LogP contribution in [0.3, 0.4) is 0 Å². The second kappa shape index (κ2) is 3.66. The standard InChI is InChI=1S/C6H11NO3S2/c8-6-2-1-5-12(9,10)7(6)3-4-11/h11H,1-5H2. The minimum Gasteiger partial charge on any atom is -0.274 e. The van der Waals surface area contributed by atoms with Gasteiger partial charge < -0.3 is 0 Å². The number of sulfonamides is 1. The molecule has 0 aliphatic carbocycles. The number of carbonyl (C=O) groups is 1. The van der Waals surface area contributed by atoms with Gasteiger partial charge in [-0.1, -0.05) is 0 Å². The van der Waals surface area contributed by atoms with E-state index in [1.54, 1.807) is 0 Å². The maximum Gasteiger partial charge on any atom is 0.237 e. The predicted molar refractivity (Wildman–Crippen MR) is 48.6 cm³/mol. The fourth-order valence-corrected chi connectivity index (χ4v) is 2.99. The Bertz CT molecular complexity index is 273. The van der Waals surface area contributed by atoms with E-state index in [9.17, 15) is 13.2 Å². The summed E-state index contributed by atoms with van der Waals surface area (Å²) in [7, 11) is -3.30. The fraction of sp³-hybridized carbons (Fsp3) is 0.833. The van der Waals surface area contributed by atoms with Gasteiger partial charge in [-0.2, -0.15) is 12.6 Å². The number of hydrogen-bond acceptors (Lipinski definition) is 4. The van der Waals surface area contributed by atoms with Crippen molar-refractivity contribution in [3.05, 3.63) is 0 Å². The number of thiol groups is 1. The van der Waals surface area contributed by atoms with Crippen LogP contribution in [0.2, 0.25) is 0 Å². The van der Waals surface area contributed by atoms with Gasteiger partial charge in [0.25, 0.3) is 0 Å². The molecule has 0 saturated carbocycles. The van der Waals surface area contributed by atoms with Crippen LogP contribution in [0.5, 0.6) is 0 Å². The van der Waals surface area contributed by atoms with E-state index >= 15 is 0 Å². The van der Waals surface area contributed by atoms with Crippen LogP contribution in [-0.2, 0) is 14.8 Å². The predicted octanol–water partition coefficient (Wildman–Crippen LogP) is -0.132. The number of rotatable bonds is 2. The smallest absolute Gasteiger partial charge is 0.237 e. The third kappa shape index (κ3) is 1.92. The third-order valence-corrected chi connectivity index (χ3v) is 3.77. The van der Waals surface area contributed by atoms with Crippen LogP contribution in [0.25, 0.3) is 0 Å². The minimum absolute atomic E-state index is 0.0898. The van der Waals surface area contributed by atoms with Gasteiger partial charge in [-0.15, -0.1) is 0 Å². The Labute approximate surface area is 77.4 Å². The van der Waals surface area contributed by atoms with Crippen molar-refractivity contribution >= 4 is 28.6 Å². The molecule has 1 heterocycles. The number of carbonyl (C=O) groups excluding carboxylic acids is 1. The molecule has 1 rings (SSSR count). The van der Waals surface area contributed by atoms with E-state index in [0.29, 0.717) is 18.6 Å². The number of hydrogen-bond donors (Lipinski definition) is 1. The normalized spacial score (nSPS) is 22.8. The van der Waals surface area contributed by atoms with E-state index in [2.05, 4.69) is 12.6 Å². The van der Waals surface area contributed by atoms with Crippen LogP contribution >= 0.6 is 12.6 Å². The lowest BCUT2D eigenvalue weighted by Gasteiger charge is -2.25. The van der Waals surface area contributed by atoms with Gasteiger partial charge in [0.05, 0.1) is 5.75 Å². The van der Waals surface area contributed by atoms with Gasteiger partial charge in [0.2, 0.25) is 15.9 Å². The van der Waals surface area contributed by atoms with Crippen molar-refractivity contribution in [1.29, 1.82) is 0 Å². The molecule has 0 atom stereocenters. The maximum atomic E-state index is 11.3. The summed E-state index contributed by atoms with van der Waals surface area (Å²) in [6.45, 7) is 0.199. The highest BCUT2D eigenvalue weighted by Gasteiger charge is 2.30. The van der Waals surface area contributed by atoms with E-state index in [1.807, 2.05) is 0 Å². The largest absolute Gasteiger partial charge is 0.274 e. The van der Waals surface area contributed by atoms with Gasteiger partial charge in [-0.05, 0) is 6.42 Å². The Morgan fingerprint density at radius 2 is 2.17 bits per heavy atom. The van der Waals surface area contributed by atoms with E-state index in [0.717, 1.165) is 4.31 Å². The van der Waals surface area contributed by atoms with Gasteiger partial charge in [-0.3, -0.25) is 4.79 Å². The number of nitrogens with zero attached hydrogens (tertiary/aromatic N) is 1. The first kappa shape index (κ1) is 9.85. The maximum absolute atomic E-state index is 11.3. The Morgan fingerprint density at radius 1 is 1.50 bits per heavy atom. The van der Waals surface area contributed by atoms with Crippen molar-refractivity contribution in [2.75, 3.05) is 18.1 Å². The first-order valence-corrected chi connectivity index (χ1v) is 5.96. The zero-order chi connectivity index (χ0) is 9.19.